The zero-order valence-corrected chi connectivity index (χ0v) is 17.0. The van der Waals surface area contributed by atoms with Gasteiger partial charge in [-0.05, 0) is 17.2 Å². The van der Waals surface area contributed by atoms with Gasteiger partial charge in [0.2, 0.25) is 11.8 Å². The molecular weight excluding hydrogens is 382 g/mol. The van der Waals surface area contributed by atoms with Crippen LogP contribution in [0.1, 0.15) is 18.1 Å². The molecular formula is C23H25N3O4. The minimum atomic E-state index is -0.857. The van der Waals surface area contributed by atoms with Crippen molar-refractivity contribution in [1.29, 1.82) is 0 Å². The van der Waals surface area contributed by atoms with E-state index in [1.165, 1.54) is 14.0 Å². The molecule has 1 aromatic heterocycles. The Hall–Kier alpha value is -3.61. The minimum absolute atomic E-state index is 0.286. The Bertz CT molecular complexity index is 1030. The number of hydrogen-bond acceptors (Lipinski definition) is 4. The third kappa shape index (κ3) is 5.26. The van der Waals surface area contributed by atoms with Crippen LogP contribution in [0.2, 0.25) is 0 Å². The Morgan fingerprint density at radius 1 is 0.933 bits per heavy atom. The van der Waals surface area contributed by atoms with Crippen LogP contribution in [0.25, 0.3) is 10.9 Å². The average molecular weight is 407 g/mol. The fraction of sp³-hybridized carbons (Fsp3) is 0.261. The maximum Gasteiger partial charge on any atom is 0.328 e. The summed E-state index contributed by atoms with van der Waals surface area (Å²) < 4.78 is 4.86. The molecule has 0 fully saturated rings. The minimum Gasteiger partial charge on any atom is -0.467 e. The van der Waals surface area contributed by atoms with Gasteiger partial charge in [-0.3, -0.25) is 9.59 Å². The highest BCUT2D eigenvalue weighted by molar-refractivity contribution is 5.91. The molecule has 2 aromatic carbocycles. The van der Waals surface area contributed by atoms with Crippen molar-refractivity contribution >= 4 is 28.7 Å². The normalized spacial score (nSPS) is 12.7. The number of amides is 2. The van der Waals surface area contributed by atoms with Crippen molar-refractivity contribution in [2.75, 3.05) is 7.11 Å². The molecule has 0 aliphatic heterocycles. The van der Waals surface area contributed by atoms with Gasteiger partial charge in [-0.2, -0.15) is 0 Å². The number of aromatic amines is 1. The molecule has 0 aliphatic rings. The van der Waals surface area contributed by atoms with Crippen molar-refractivity contribution in [2.24, 2.45) is 0 Å². The third-order valence-electron chi connectivity index (χ3n) is 4.88. The van der Waals surface area contributed by atoms with Crippen molar-refractivity contribution in [1.82, 2.24) is 15.6 Å². The summed E-state index contributed by atoms with van der Waals surface area (Å²) in [6.45, 7) is 1.36. The first-order chi connectivity index (χ1) is 14.5. The van der Waals surface area contributed by atoms with Gasteiger partial charge >= 0.3 is 5.97 Å². The largest absolute Gasteiger partial charge is 0.467 e. The maximum absolute atomic E-state index is 13.0. The van der Waals surface area contributed by atoms with Crippen LogP contribution in [0.4, 0.5) is 0 Å². The summed E-state index contributed by atoms with van der Waals surface area (Å²) in [5.41, 5.74) is 2.74. The number of benzene rings is 2. The second kappa shape index (κ2) is 9.73. The summed E-state index contributed by atoms with van der Waals surface area (Å²) in [7, 11) is 1.28. The first-order valence-corrected chi connectivity index (χ1v) is 9.72. The first kappa shape index (κ1) is 21.1. The second-order valence-electron chi connectivity index (χ2n) is 7.09. The van der Waals surface area contributed by atoms with E-state index in [4.69, 9.17) is 4.74 Å². The molecule has 2 atom stereocenters. The third-order valence-corrected chi connectivity index (χ3v) is 4.88. The van der Waals surface area contributed by atoms with Crippen LogP contribution in [-0.2, 0) is 32.0 Å². The predicted octanol–water partition coefficient (Wildman–Crippen LogP) is 2.12. The summed E-state index contributed by atoms with van der Waals surface area (Å²) in [6, 6.07) is 15.4. The standard InChI is InChI=1S/C23H25N3O4/c1-15(27)25-20(13-17-14-24-19-11-7-6-10-18(17)19)22(28)26-21(23(29)30-2)12-16-8-4-3-5-9-16/h3-11,14,20-21,24H,12-13H2,1-2H3,(H,25,27)(H,26,28)/t20-,21-/m0/s1. The summed E-state index contributed by atoms with van der Waals surface area (Å²) >= 11 is 0. The first-order valence-electron chi connectivity index (χ1n) is 9.72. The highest BCUT2D eigenvalue weighted by atomic mass is 16.5. The van der Waals surface area contributed by atoms with E-state index in [0.717, 1.165) is 22.0 Å². The number of fused-ring (bicyclic) bond motifs is 1. The van der Waals surface area contributed by atoms with E-state index < -0.39 is 24.0 Å². The Labute approximate surface area is 174 Å². The van der Waals surface area contributed by atoms with Crippen LogP contribution < -0.4 is 10.6 Å². The van der Waals surface area contributed by atoms with Crippen molar-refractivity contribution in [3.63, 3.8) is 0 Å². The zero-order chi connectivity index (χ0) is 21.5. The van der Waals surface area contributed by atoms with Crippen LogP contribution in [0.15, 0.2) is 60.8 Å². The number of rotatable bonds is 8. The van der Waals surface area contributed by atoms with Crippen molar-refractivity contribution < 1.29 is 19.1 Å². The second-order valence-corrected chi connectivity index (χ2v) is 7.09. The number of H-pyrrole nitrogens is 1. The van der Waals surface area contributed by atoms with Gasteiger partial charge in [0.05, 0.1) is 7.11 Å². The molecule has 3 N–H and O–H groups in total. The number of nitrogens with one attached hydrogen (secondary N) is 3. The number of para-hydroxylation sites is 1. The van der Waals surface area contributed by atoms with Gasteiger partial charge in [0.1, 0.15) is 12.1 Å². The monoisotopic (exact) mass is 407 g/mol. The SMILES string of the molecule is COC(=O)[C@H](Cc1ccccc1)NC(=O)[C@H](Cc1c[nH]c2ccccc12)NC(C)=O. The molecule has 2 amide bonds. The fourth-order valence-corrected chi connectivity index (χ4v) is 3.43. The number of hydrogen-bond donors (Lipinski definition) is 3. The van der Waals surface area contributed by atoms with E-state index in [0.29, 0.717) is 6.42 Å². The summed E-state index contributed by atoms with van der Waals surface area (Å²) in [5.74, 6) is -1.31. The Morgan fingerprint density at radius 3 is 2.33 bits per heavy atom. The summed E-state index contributed by atoms with van der Waals surface area (Å²) in [5, 5.41) is 6.42. The molecule has 156 valence electrons. The topological polar surface area (TPSA) is 100 Å². The van der Waals surface area contributed by atoms with Gasteiger partial charge in [0.15, 0.2) is 0 Å². The van der Waals surface area contributed by atoms with Crippen LogP contribution in [0.3, 0.4) is 0 Å². The van der Waals surface area contributed by atoms with E-state index in [-0.39, 0.29) is 12.3 Å². The lowest BCUT2D eigenvalue weighted by Crippen LogP contribution is -2.53. The van der Waals surface area contributed by atoms with Crippen molar-refractivity contribution in [3.8, 4) is 0 Å². The van der Waals surface area contributed by atoms with Gasteiger partial charge in [-0.15, -0.1) is 0 Å². The van der Waals surface area contributed by atoms with Gasteiger partial charge in [-0.25, -0.2) is 4.79 Å². The van der Waals surface area contributed by atoms with Gasteiger partial charge in [0, 0.05) is 36.9 Å². The fourth-order valence-electron chi connectivity index (χ4n) is 3.43. The van der Waals surface area contributed by atoms with E-state index in [2.05, 4.69) is 15.6 Å². The molecule has 3 rings (SSSR count). The molecule has 0 bridgehead atoms. The number of esters is 1. The molecule has 0 unspecified atom stereocenters. The highest BCUT2D eigenvalue weighted by Crippen LogP contribution is 2.19. The Kier molecular flexibility index (Phi) is 6.85. The lowest BCUT2D eigenvalue weighted by atomic mass is 10.0. The molecule has 0 spiro atoms. The van der Waals surface area contributed by atoms with Crippen molar-refractivity contribution in [2.45, 2.75) is 31.8 Å². The molecule has 1 heterocycles. The highest BCUT2D eigenvalue weighted by Gasteiger charge is 2.27. The van der Waals surface area contributed by atoms with Crippen LogP contribution in [0.5, 0.6) is 0 Å². The molecule has 0 radical (unpaired) electrons. The predicted molar refractivity (Wildman–Crippen MR) is 114 cm³/mol. The zero-order valence-electron chi connectivity index (χ0n) is 17.0. The van der Waals surface area contributed by atoms with Crippen LogP contribution in [-0.4, -0.2) is 42.0 Å². The smallest absolute Gasteiger partial charge is 0.328 e. The molecule has 0 aliphatic carbocycles. The van der Waals surface area contributed by atoms with Gasteiger partial charge < -0.3 is 20.4 Å². The molecule has 3 aromatic rings. The van der Waals surface area contributed by atoms with E-state index in [9.17, 15) is 14.4 Å². The Morgan fingerprint density at radius 2 is 1.63 bits per heavy atom. The Balaban J connectivity index is 1.79. The lowest BCUT2D eigenvalue weighted by Gasteiger charge is -2.22. The maximum atomic E-state index is 13.0. The van der Waals surface area contributed by atoms with Gasteiger partial charge in [0.25, 0.3) is 0 Å². The van der Waals surface area contributed by atoms with E-state index in [1.807, 2.05) is 60.8 Å². The van der Waals surface area contributed by atoms with E-state index >= 15 is 0 Å². The van der Waals surface area contributed by atoms with Crippen molar-refractivity contribution in [3.05, 3.63) is 71.9 Å². The number of carbonyl (C=O) groups is 3. The number of methoxy groups -OCH3 is 1. The summed E-state index contributed by atoms with van der Waals surface area (Å²) in [4.78, 5) is 40.2. The molecule has 0 saturated heterocycles. The number of aromatic nitrogens is 1. The van der Waals surface area contributed by atoms with E-state index in [1.54, 1.807) is 0 Å². The summed E-state index contributed by atoms with van der Waals surface area (Å²) in [6.07, 6.45) is 2.41. The molecule has 7 nitrogen and oxygen atoms in total. The van der Waals surface area contributed by atoms with Crippen LogP contribution in [0, 0.1) is 0 Å². The quantitative estimate of drug-likeness (QED) is 0.498. The molecule has 7 heteroatoms. The van der Waals surface area contributed by atoms with Gasteiger partial charge in [-0.1, -0.05) is 48.5 Å². The molecule has 30 heavy (non-hydrogen) atoms. The lowest BCUT2D eigenvalue weighted by molar-refractivity contribution is -0.145. The molecule has 0 saturated carbocycles. The number of carbonyl (C=O) groups excluding carboxylic acids is 3. The average Bonchev–Trinajstić information content (AvgIpc) is 3.15. The number of ether oxygens (including phenoxy) is 1. The van der Waals surface area contributed by atoms with Crippen LogP contribution >= 0.6 is 0 Å².